The van der Waals surface area contributed by atoms with E-state index in [1.807, 2.05) is 0 Å². The average Bonchev–Trinajstić information content (AvgIpc) is 2.61. The molecule has 6 nitrogen and oxygen atoms in total. The Morgan fingerprint density at radius 2 is 1.21 bits per heavy atom. The summed E-state index contributed by atoms with van der Waals surface area (Å²) in [4.78, 5) is 40.3. The van der Waals surface area contributed by atoms with E-state index >= 15 is 0 Å². The summed E-state index contributed by atoms with van der Waals surface area (Å²) in [6.07, 6.45) is 0. The second-order valence-electron chi connectivity index (χ2n) is 5.31. The number of amides is 4. The van der Waals surface area contributed by atoms with Gasteiger partial charge >= 0.3 is 6.03 Å². The number of carbonyl (C=O) groups excluding carboxylic acids is 3. The molecule has 6 heteroatoms. The molecule has 2 aromatic rings. The maximum atomic E-state index is 12.9. The number of hydrogen-bond acceptors (Lipinski definition) is 4. The highest BCUT2D eigenvalue weighted by Gasteiger charge is 2.47. The van der Waals surface area contributed by atoms with Crippen LogP contribution in [0.5, 0.6) is 0 Å². The van der Waals surface area contributed by atoms with Crippen molar-refractivity contribution in [2.45, 2.75) is 0 Å². The molecule has 0 N–H and O–H groups in total. The lowest BCUT2D eigenvalue weighted by molar-refractivity contribution is -0.134. The molecule has 122 valence electrons. The Morgan fingerprint density at radius 3 is 1.58 bits per heavy atom. The predicted molar refractivity (Wildman–Crippen MR) is 88.6 cm³/mol. The molecule has 0 spiro atoms. The van der Waals surface area contributed by atoms with E-state index in [0.29, 0.717) is 11.4 Å². The summed E-state index contributed by atoms with van der Waals surface area (Å²) in [5.74, 6) is -2.22. The summed E-state index contributed by atoms with van der Waals surface area (Å²) in [5.41, 5.74) is 0.837. The van der Waals surface area contributed by atoms with Crippen LogP contribution >= 0.6 is 0 Å². The summed E-state index contributed by atoms with van der Waals surface area (Å²) < 4.78 is 5.02. The van der Waals surface area contributed by atoms with Gasteiger partial charge in [0.1, 0.15) is 5.92 Å². The first-order valence-electron chi connectivity index (χ1n) is 7.46. The molecule has 1 aliphatic heterocycles. The van der Waals surface area contributed by atoms with E-state index in [1.165, 1.54) is 7.11 Å². The minimum atomic E-state index is -1.06. The van der Waals surface area contributed by atoms with Crippen LogP contribution in [0.1, 0.15) is 0 Å². The van der Waals surface area contributed by atoms with Crippen molar-refractivity contribution >= 4 is 29.2 Å². The van der Waals surface area contributed by atoms with E-state index in [4.69, 9.17) is 4.74 Å². The zero-order valence-electron chi connectivity index (χ0n) is 13.1. The summed E-state index contributed by atoms with van der Waals surface area (Å²) in [6, 6.07) is 16.4. The van der Waals surface area contributed by atoms with Gasteiger partial charge in [0.25, 0.3) is 0 Å². The average molecular weight is 324 g/mol. The van der Waals surface area contributed by atoms with Gasteiger partial charge < -0.3 is 4.74 Å². The normalized spacial score (nSPS) is 16.0. The second kappa shape index (κ2) is 6.64. The number of para-hydroxylation sites is 2. The van der Waals surface area contributed by atoms with E-state index in [-0.39, 0.29) is 6.61 Å². The number of urea groups is 1. The van der Waals surface area contributed by atoms with Crippen molar-refractivity contribution in [3.05, 3.63) is 60.7 Å². The molecule has 4 amide bonds. The van der Waals surface area contributed by atoms with Crippen molar-refractivity contribution < 1.29 is 19.1 Å². The molecule has 1 saturated heterocycles. The lowest BCUT2D eigenvalue weighted by Crippen LogP contribution is -2.61. The Kier molecular flexibility index (Phi) is 4.39. The summed E-state index contributed by atoms with van der Waals surface area (Å²) >= 11 is 0. The van der Waals surface area contributed by atoms with Crippen LogP contribution in [-0.2, 0) is 14.3 Å². The number of rotatable bonds is 4. The highest BCUT2D eigenvalue weighted by molar-refractivity contribution is 6.36. The molecule has 0 unspecified atom stereocenters. The number of ether oxygens (including phenoxy) is 1. The predicted octanol–water partition coefficient (Wildman–Crippen LogP) is 2.45. The minimum Gasteiger partial charge on any atom is -0.383 e. The fourth-order valence-corrected chi connectivity index (χ4v) is 2.64. The highest BCUT2D eigenvalue weighted by Crippen LogP contribution is 2.28. The van der Waals surface area contributed by atoms with Crippen molar-refractivity contribution in [3.63, 3.8) is 0 Å². The standard InChI is InChI=1S/C18H16N2O4/c1-24-12-15-16(21)19(13-8-4-2-5-9-13)18(23)20(17(15)22)14-10-6-3-7-11-14/h2-11,15H,12H2,1H3. The number of nitrogens with zero attached hydrogens (tertiary/aromatic N) is 2. The lowest BCUT2D eigenvalue weighted by atomic mass is 10.0. The minimum absolute atomic E-state index is 0.0857. The van der Waals surface area contributed by atoms with Gasteiger partial charge in [0.15, 0.2) is 0 Å². The van der Waals surface area contributed by atoms with E-state index in [9.17, 15) is 14.4 Å². The van der Waals surface area contributed by atoms with Crippen LogP contribution in [0, 0.1) is 5.92 Å². The van der Waals surface area contributed by atoms with Crippen molar-refractivity contribution in [2.75, 3.05) is 23.5 Å². The number of carbonyl (C=O) groups is 3. The molecule has 2 aromatic carbocycles. The third-order valence-corrected chi connectivity index (χ3v) is 3.78. The van der Waals surface area contributed by atoms with Crippen molar-refractivity contribution in [1.82, 2.24) is 0 Å². The van der Waals surface area contributed by atoms with Gasteiger partial charge in [-0.1, -0.05) is 36.4 Å². The van der Waals surface area contributed by atoms with Crippen LogP contribution in [0.15, 0.2) is 60.7 Å². The quantitative estimate of drug-likeness (QED) is 0.810. The summed E-state index contributed by atoms with van der Waals surface area (Å²) in [7, 11) is 1.41. The van der Waals surface area contributed by atoms with Crippen LogP contribution < -0.4 is 9.80 Å². The Labute approximate surface area is 139 Å². The molecule has 0 radical (unpaired) electrons. The zero-order chi connectivity index (χ0) is 17.1. The van der Waals surface area contributed by atoms with Gasteiger partial charge in [-0.25, -0.2) is 14.6 Å². The van der Waals surface area contributed by atoms with Crippen LogP contribution in [0.25, 0.3) is 0 Å². The molecule has 1 aliphatic rings. The molecule has 1 fully saturated rings. The Balaban J connectivity index is 2.08. The molecule has 1 heterocycles. The van der Waals surface area contributed by atoms with Crippen molar-refractivity contribution in [2.24, 2.45) is 5.92 Å². The van der Waals surface area contributed by atoms with E-state index in [2.05, 4.69) is 0 Å². The number of benzene rings is 2. The van der Waals surface area contributed by atoms with Gasteiger partial charge in [0, 0.05) is 7.11 Å². The van der Waals surface area contributed by atoms with Gasteiger partial charge in [-0.15, -0.1) is 0 Å². The Morgan fingerprint density at radius 1 is 0.792 bits per heavy atom. The molecular formula is C18H16N2O4. The van der Waals surface area contributed by atoms with Crippen LogP contribution in [0.4, 0.5) is 16.2 Å². The first-order chi connectivity index (χ1) is 11.6. The number of hydrogen-bond donors (Lipinski definition) is 0. The molecule has 0 aliphatic carbocycles. The topological polar surface area (TPSA) is 66.9 Å². The monoisotopic (exact) mass is 324 g/mol. The molecule has 24 heavy (non-hydrogen) atoms. The Bertz CT molecular complexity index is 700. The molecular weight excluding hydrogens is 308 g/mol. The fraction of sp³-hybridized carbons (Fsp3) is 0.167. The zero-order valence-corrected chi connectivity index (χ0v) is 13.1. The SMILES string of the molecule is COCC1C(=O)N(c2ccccc2)C(=O)N(c2ccccc2)C1=O. The third kappa shape index (κ3) is 2.68. The number of imide groups is 2. The molecule has 0 saturated carbocycles. The third-order valence-electron chi connectivity index (χ3n) is 3.78. The smallest absolute Gasteiger partial charge is 0.342 e. The maximum absolute atomic E-state index is 12.9. The molecule has 0 aromatic heterocycles. The van der Waals surface area contributed by atoms with E-state index < -0.39 is 23.8 Å². The van der Waals surface area contributed by atoms with E-state index in [0.717, 1.165) is 9.80 Å². The van der Waals surface area contributed by atoms with Gasteiger partial charge in [-0.05, 0) is 24.3 Å². The summed E-state index contributed by atoms with van der Waals surface area (Å²) in [6.45, 7) is -0.0857. The number of barbiturate groups is 1. The van der Waals surface area contributed by atoms with Crippen LogP contribution in [-0.4, -0.2) is 31.6 Å². The Hall–Kier alpha value is -2.99. The van der Waals surface area contributed by atoms with Crippen molar-refractivity contribution in [1.29, 1.82) is 0 Å². The van der Waals surface area contributed by atoms with Gasteiger partial charge in [-0.3, -0.25) is 9.59 Å². The first-order valence-corrected chi connectivity index (χ1v) is 7.46. The van der Waals surface area contributed by atoms with E-state index in [1.54, 1.807) is 60.7 Å². The largest absolute Gasteiger partial charge is 0.383 e. The highest BCUT2D eigenvalue weighted by atomic mass is 16.5. The van der Waals surface area contributed by atoms with Crippen LogP contribution in [0.2, 0.25) is 0 Å². The fourth-order valence-electron chi connectivity index (χ4n) is 2.64. The van der Waals surface area contributed by atoms with Crippen LogP contribution in [0.3, 0.4) is 0 Å². The van der Waals surface area contributed by atoms with Gasteiger partial charge in [0.2, 0.25) is 11.8 Å². The molecule has 0 bridgehead atoms. The maximum Gasteiger partial charge on any atom is 0.342 e. The van der Waals surface area contributed by atoms with Gasteiger partial charge in [-0.2, -0.15) is 0 Å². The number of methoxy groups -OCH3 is 1. The molecule has 0 atom stereocenters. The summed E-state index contributed by atoms with van der Waals surface area (Å²) in [5, 5.41) is 0. The van der Waals surface area contributed by atoms with Gasteiger partial charge in [0.05, 0.1) is 18.0 Å². The van der Waals surface area contributed by atoms with Crippen molar-refractivity contribution in [3.8, 4) is 0 Å². The molecule has 3 rings (SSSR count). The first kappa shape index (κ1) is 15.9. The second-order valence-corrected chi connectivity index (χ2v) is 5.31. The number of anilines is 2. The lowest BCUT2D eigenvalue weighted by Gasteiger charge is -2.36.